The third-order valence-corrected chi connectivity index (χ3v) is 5.79. The van der Waals surface area contributed by atoms with Gasteiger partial charge in [-0.1, -0.05) is 36.2 Å². The number of nitrogens with zero attached hydrogens (tertiary/aromatic N) is 1. The van der Waals surface area contributed by atoms with Crippen LogP contribution in [0.5, 0.6) is 0 Å². The summed E-state index contributed by atoms with van der Waals surface area (Å²) in [6.45, 7) is 1.81. The smallest absolute Gasteiger partial charge is 0.330 e. The summed E-state index contributed by atoms with van der Waals surface area (Å²) in [5.74, 6) is -0.0753. The number of rotatable bonds is 7. The van der Waals surface area contributed by atoms with Gasteiger partial charge in [-0.3, -0.25) is 19.1 Å². The molecule has 9 heteroatoms. The summed E-state index contributed by atoms with van der Waals surface area (Å²) in [7, 11) is 0. The highest BCUT2D eigenvalue weighted by molar-refractivity contribution is 6.36. The Hall–Kier alpha value is -1.93. The molecule has 2 heterocycles. The first-order valence-corrected chi connectivity index (χ1v) is 10.2. The summed E-state index contributed by atoms with van der Waals surface area (Å²) in [6.07, 6.45) is 0.606. The van der Waals surface area contributed by atoms with E-state index in [1.54, 1.807) is 18.2 Å². The number of aliphatic hydroxyl groups is 1. The van der Waals surface area contributed by atoms with Crippen LogP contribution in [0.1, 0.15) is 43.5 Å². The van der Waals surface area contributed by atoms with E-state index in [1.165, 1.54) is 10.8 Å². The second-order valence-electron chi connectivity index (χ2n) is 7.06. The zero-order chi connectivity index (χ0) is 21.1. The van der Waals surface area contributed by atoms with Crippen LogP contribution >= 0.6 is 23.2 Å². The lowest BCUT2D eigenvalue weighted by Crippen LogP contribution is -2.34. The highest BCUT2D eigenvalue weighted by Gasteiger charge is 2.35. The zero-order valence-electron chi connectivity index (χ0n) is 15.9. The Labute approximate surface area is 177 Å². The van der Waals surface area contributed by atoms with Crippen molar-refractivity contribution in [1.29, 1.82) is 0 Å². The fourth-order valence-electron chi connectivity index (χ4n) is 3.43. The van der Waals surface area contributed by atoms with Gasteiger partial charge >= 0.3 is 5.69 Å². The fourth-order valence-corrected chi connectivity index (χ4v) is 3.96. The summed E-state index contributed by atoms with van der Waals surface area (Å²) in [5.41, 5.74) is 0.0265. The van der Waals surface area contributed by atoms with Gasteiger partial charge in [0.15, 0.2) is 0 Å². The average molecular weight is 441 g/mol. The molecule has 3 rings (SSSR count). The molecule has 1 saturated heterocycles. The number of nitrogens with one attached hydrogen (secondary N) is 1. The van der Waals surface area contributed by atoms with Crippen LogP contribution in [-0.4, -0.2) is 32.6 Å². The molecule has 1 aliphatic heterocycles. The predicted molar refractivity (Wildman–Crippen MR) is 110 cm³/mol. The summed E-state index contributed by atoms with van der Waals surface area (Å²) in [5, 5.41) is 11.2. The number of H-pyrrole nitrogens is 1. The molecule has 2 N–H and O–H groups in total. The van der Waals surface area contributed by atoms with E-state index < -0.39 is 29.7 Å². The molecule has 3 atom stereocenters. The minimum Gasteiger partial charge on any atom is -0.390 e. The molecule has 0 amide bonds. The van der Waals surface area contributed by atoms with Crippen LogP contribution < -0.4 is 11.2 Å². The molecule has 0 radical (unpaired) electrons. The molecule has 29 heavy (non-hydrogen) atoms. The number of aryl methyl sites for hydroxylation is 1. The lowest BCUT2D eigenvalue weighted by atomic mass is 10.0. The first-order valence-electron chi connectivity index (χ1n) is 9.42. The van der Waals surface area contributed by atoms with Crippen LogP contribution in [0.4, 0.5) is 0 Å². The number of Topliss-reactive ketones (excluding diaryl/α,β-unsaturated/α-hetero) is 1. The standard InChI is InChI=1S/C20H22Cl2N2O5/c1-2-11-10-24(20(28)23-19(11)27)18-9-16(26)17(29-18)7-6-12(25)8-13-14(21)4-3-5-15(13)22/h3-5,10,16-18,26H,2,6-9H2,1H3,(H,23,27,28)/t16?,17-,18-/m0/s1. The minimum atomic E-state index is -0.819. The van der Waals surface area contributed by atoms with E-state index in [2.05, 4.69) is 4.98 Å². The monoisotopic (exact) mass is 440 g/mol. The Balaban J connectivity index is 1.63. The number of ketones is 1. The molecule has 156 valence electrons. The molecule has 0 bridgehead atoms. The topological polar surface area (TPSA) is 101 Å². The predicted octanol–water partition coefficient (Wildman–Crippen LogP) is 2.65. The maximum absolute atomic E-state index is 12.4. The van der Waals surface area contributed by atoms with Crippen LogP contribution in [0.15, 0.2) is 34.0 Å². The Morgan fingerprint density at radius 2 is 2.00 bits per heavy atom. The molecule has 1 aromatic heterocycles. The van der Waals surface area contributed by atoms with Gasteiger partial charge in [-0.2, -0.15) is 0 Å². The normalized spacial score (nSPS) is 21.4. The van der Waals surface area contributed by atoms with Crippen molar-refractivity contribution >= 4 is 29.0 Å². The number of hydrogen-bond donors (Lipinski definition) is 2. The lowest BCUT2D eigenvalue weighted by molar-refractivity contribution is -0.119. The quantitative estimate of drug-likeness (QED) is 0.688. The molecular weight excluding hydrogens is 419 g/mol. The SMILES string of the molecule is CCc1cn([C@@H]2CC(O)[C@H](CCC(=O)Cc3c(Cl)cccc3Cl)O2)c(=O)[nH]c1=O. The maximum atomic E-state index is 12.4. The highest BCUT2D eigenvalue weighted by atomic mass is 35.5. The molecule has 1 unspecified atom stereocenters. The number of halogens is 2. The van der Waals surface area contributed by atoms with Crippen molar-refractivity contribution in [1.82, 2.24) is 9.55 Å². The zero-order valence-corrected chi connectivity index (χ0v) is 17.4. The Bertz CT molecular complexity index is 996. The largest absolute Gasteiger partial charge is 0.390 e. The number of benzene rings is 1. The van der Waals surface area contributed by atoms with E-state index in [0.29, 0.717) is 34.0 Å². The van der Waals surface area contributed by atoms with Gasteiger partial charge < -0.3 is 9.84 Å². The Morgan fingerprint density at radius 3 is 2.66 bits per heavy atom. The van der Waals surface area contributed by atoms with Crippen LogP contribution in [0.3, 0.4) is 0 Å². The molecule has 1 aromatic carbocycles. The Kier molecular flexibility index (Phi) is 6.95. The number of aromatic amines is 1. The van der Waals surface area contributed by atoms with Crippen molar-refractivity contribution in [2.45, 2.75) is 57.5 Å². The maximum Gasteiger partial charge on any atom is 0.330 e. The van der Waals surface area contributed by atoms with Crippen molar-refractivity contribution in [3.8, 4) is 0 Å². The van der Waals surface area contributed by atoms with Gasteiger partial charge in [0.25, 0.3) is 5.56 Å². The van der Waals surface area contributed by atoms with Gasteiger partial charge in [-0.15, -0.1) is 0 Å². The van der Waals surface area contributed by atoms with Crippen LogP contribution in [-0.2, 0) is 22.4 Å². The van der Waals surface area contributed by atoms with Gasteiger partial charge in [-0.25, -0.2) is 4.79 Å². The molecule has 1 aliphatic rings. The number of carbonyl (C=O) groups is 1. The van der Waals surface area contributed by atoms with Gasteiger partial charge in [-0.05, 0) is 30.5 Å². The summed E-state index contributed by atoms with van der Waals surface area (Å²) in [6, 6.07) is 5.07. The number of hydrogen-bond acceptors (Lipinski definition) is 5. The third kappa shape index (κ3) is 4.98. The lowest BCUT2D eigenvalue weighted by Gasteiger charge is -2.16. The van der Waals surface area contributed by atoms with Crippen molar-refractivity contribution in [2.75, 3.05) is 0 Å². The van der Waals surface area contributed by atoms with Crippen LogP contribution in [0, 0.1) is 0 Å². The average Bonchev–Trinajstić information content (AvgIpc) is 3.03. The molecular formula is C20H22Cl2N2O5. The van der Waals surface area contributed by atoms with Gasteiger partial charge in [0.2, 0.25) is 0 Å². The van der Waals surface area contributed by atoms with Crippen LogP contribution in [0.25, 0.3) is 0 Å². The second-order valence-corrected chi connectivity index (χ2v) is 7.88. The van der Waals surface area contributed by atoms with E-state index in [1.807, 2.05) is 6.92 Å². The van der Waals surface area contributed by atoms with Gasteiger partial charge in [0.05, 0.1) is 12.2 Å². The summed E-state index contributed by atoms with van der Waals surface area (Å²) >= 11 is 12.2. The van der Waals surface area contributed by atoms with E-state index >= 15 is 0 Å². The molecule has 0 spiro atoms. The number of carbonyl (C=O) groups excluding carboxylic acids is 1. The summed E-state index contributed by atoms with van der Waals surface area (Å²) < 4.78 is 7.10. The van der Waals surface area contributed by atoms with E-state index in [9.17, 15) is 19.5 Å². The van der Waals surface area contributed by atoms with E-state index in [0.717, 1.165) is 0 Å². The molecule has 0 aliphatic carbocycles. The van der Waals surface area contributed by atoms with Crippen molar-refractivity contribution in [2.24, 2.45) is 0 Å². The minimum absolute atomic E-state index is 0.0753. The van der Waals surface area contributed by atoms with Gasteiger partial charge in [0.1, 0.15) is 12.0 Å². The highest BCUT2D eigenvalue weighted by Crippen LogP contribution is 2.31. The Morgan fingerprint density at radius 1 is 1.31 bits per heavy atom. The van der Waals surface area contributed by atoms with E-state index in [-0.39, 0.29) is 25.0 Å². The fraction of sp³-hybridized carbons (Fsp3) is 0.450. The molecule has 0 saturated carbocycles. The van der Waals surface area contributed by atoms with Crippen molar-refractivity contribution < 1.29 is 14.6 Å². The first-order chi connectivity index (χ1) is 13.8. The molecule has 1 fully saturated rings. The number of ether oxygens (including phenoxy) is 1. The molecule has 7 nitrogen and oxygen atoms in total. The third-order valence-electron chi connectivity index (χ3n) is 5.08. The second kappa shape index (κ2) is 9.26. The molecule has 2 aromatic rings. The van der Waals surface area contributed by atoms with E-state index in [4.69, 9.17) is 27.9 Å². The van der Waals surface area contributed by atoms with Crippen molar-refractivity contribution in [3.63, 3.8) is 0 Å². The van der Waals surface area contributed by atoms with Gasteiger partial charge in [0, 0.05) is 41.1 Å². The van der Waals surface area contributed by atoms with Crippen molar-refractivity contribution in [3.05, 3.63) is 66.4 Å². The number of aromatic nitrogens is 2. The summed E-state index contributed by atoms with van der Waals surface area (Å²) in [4.78, 5) is 38.5. The number of aliphatic hydroxyl groups excluding tert-OH is 1. The first kappa shape index (κ1) is 21.8. The van der Waals surface area contributed by atoms with Crippen LogP contribution in [0.2, 0.25) is 10.0 Å².